The first kappa shape index (κ1) is 25.7. The van der Waals surface area contributed by atoms with Crippen LogP contribution < -0.4 is 10.2 Å². The fraction of sp³-hybridized carbons (Fsp3) is 0.267. The third-order valence-electron chi connectivity index (χ3n) is 6.50. The highest BCUT2D eigenvalue weighted by Gasteiger charge is 2.29. The number of carbonyl (C=O) groups is 2. The van der Waals surface area contributed by atoms with Gasteiger partial charge in [-0.3, -0.25) is 9.59 Å². The maximum atomic E-state index is 13.6. The van der Waals surface area contributed by atoms with Gasteiger partial charge < -0.3 is 15.1 Å². The normalized spacial score (nSPS) is 14.3. The summed E-state index contributed by atoms with van der Waals surface area (Å²) in [5.74, 6) is -0.0945. The van der Waals surface area contributed by atoms with Gasteiger partial charge in [-0.15, -0.1) is 0 Å². The molecule has 1 heterocycles. The van der Waals surface area contributed by atoms with Crippen molar-refractivity contribution in [1.29, 1.82) is 0 Å². The Morgan fingerprint density at radius 1 is 0.972 bits per heavy atom. The van der Waals surface area contributed by atoms with Crippen molar-refractivity contribution in [1.82, 2.24) is 10.2 Å². The van der Waals surface area contributed by atoms with Crippen molar-refractivity contribution in [3.8, 4) is 0 Å². The van der Waals surface area contributed by atoms with Crippen molar-refractivity contribution >= 4 is 35.3 Å². The van der Waals surface area contributed by atoms with Gasteiger partial charge in [-0.1, -0.05) is 74.1 Å². The highest BCUT2D eigenvalue weighted by molar-refractivity contribution is 8.04. The van der Waals surface area contributed by atoms with Crippen LogP contribution in [0, 0.1) is 6.92 Å². The lowest BCUT2D eigenvalue weighted by atomic mass is 10.1. The maximum absolute atomic E-state index is 13.6. The van der Waals surface area contributed by atoms with Gasteiger partial charge >= 0.3 is 0 Å². The topological polar surface area (TPSA) is 52.7 Å². The molecule has 2 amide bonds. The average Bonchev–Trinajstić information content (AvgIpc) is 2.90. The first-order valence-electron chi connectivity index (χ1n) is 12.5. The van der Waals surface area contributed by atoms with Gasteiger partial charge in [0.05, 0.1) is 17.1 Å². The molecule has 0 unspecified atom stereocenters. The second kappa shape index (κ2) is 12.1. The molecular formula is C30H33N3O2S. The van der Waals surface area contributed by atoms with Crippen molar-refractivity contribution in [3.05, 3.63) is 100.0 Å². The molecular weight excluding hydrogens is 466 g/mol. The number of benzene rings is 3. The van der Waals surface area contributed by atoms with Crippen LogP contribution in [0.2, 0.25) is 0 Å². The van der Waals surface area contributed by atoms with E-state index in [0.717, 1.165) is 46.9 Å². The average molecular weight is 500 g/mol. The number of hydrogen-bond donors (Lipinski definition) is 1. The van der Waals surface area contributed by atoms with Gasteiger partial charge in [0, 0.05) is 23.5 Å². The number of hydrogen-bond acceptors (Lipinski definition) is 4. The number of likely N-dealkylation sites (N-methyl/N-ethyl adjacent to an activating group) is 1. The standard InChI is InChI=1S/C30H33N3O2S/c1-4-32(5-2)19-18-31-29(34)24-16-14-23(15-17-24)20-28-30(35)33(21-25-11-7-6-10-22(25)3)26-12-8-9-13-27(26)36-28/h6-17,20H,4-5,18-19,21H2,1-3H3,(H,31,34)/b28-20+. The summed E-state index contributed by atoms with van der Waals surface area (Å²) >= 11 is 1.49. The quantitative estimate of drug-likeness (QED) is 0.381. The van der Waals surface area contributed by atoms with Gasteiger partial charge in [-0.2, -0.15) is 0 Å². The molecule has 0 saturated carbocycles. The second-order valence-electron chi connectivity index (χ2n) is 8.80. The van der Waals surface area contributed by atoms with E-state index in [1.807, 2.05) is 65.6 Å². The molecule has 3 aromatic rings. The summed E-state index contributed by atoms with van der Waals surface area (Å²) in [7, 11) is 0. The Hall–Kier alpha value is -3.35. The van der Waals surface area contributed by atoms with Gasteiger partial charge in [0.2, 0.25) is 0 Å². The summed E-state index contributed by atoms with van der Waals surface area (Å²) in [6.07, 6.45) is 1.91. The Balaban J connectivity index is 1.50. The minimum absolute atomic E-state index is 0.0137. The molecule has 0 spiro atoms. The summed E-state index contributed by atoms with van der Waals surface area (Å²) in [5.41, 5.74) is 4.73. The van der Waals surface area contributed by atoms with Crippen LogP contribution in [-0.2, 0) is 11.3 Å². The number of anilines is 1. The Bertz CT molecular complexity index is 1250. The van der Waals surface area contributed by atoms with E-state index < -0.39 is 0 Å². The Morgan fingerprint density at radius 3 is 2.39 bits per heavy atom. The molecule has 0 radical (unpaired) electrons. The zero-order valence-corrected chi connectivity index (χ0v) is 22.0. The molecule has 5 nitrogen and oxygen atoms in total. The van der Waals surface area contributed by atoms with Gasteiger partial charge in [0.25, 0.3) is 11.8 Å². The minimum atomic E-state index is -0.0807. The van der Waals surface area contributed by atoms with E-state index in [1.165, 1.54) is 11.8 Å². The molecule has 0 bridgehead atoms. The number of thioether (sulfide) groups is 1. The maximum Gasteiger partial charge on any atom is 0.265 e. The molecule has 0 atom stereocenters. The molecule has 0 fully saturated rings. The van der Waals surface area contributed by atoms with Crippen molar-refractivity contribution in [2.45, 2.75) is 32.2 Å². The van der Waals surface area contributed by atoms with Gasteiger partial charge in [0.15, 0.2) is 0 Å². The van der Waals surface area contributed by atoms with Gasteiger partial charge in [-0.25, -0.2) is 0 Å². The van der Waals surface area contributed by atoms with Crippen LogP contribution in [-0.4, -0.2) is 42.9 Å². The summed E-state index contributed by atoms with van der Waals surface area (Å²) in [5, 5.41) is 2.99. The summed E-state index contributed by atoms with van der Waals surface area (Å²) in [6, 6.07) is 23.6. The Kier molecular flexibility index (Phi) is 8.62. The minimum Gasteiger partial charge on any atom is -0.351 e. The molecule has 4 rings (SSSR count). The van der Waals surface area contributed by atoms with E-state index in [2.05, 4.69) is 49.2 Å². The summed E-state index contributed by atoms with van der Waals surface area (Å²) in [6.45, 7) is 10.2. The van der Waals surface area contributed by atoms with Gasteiger partial charge in [0.1, 0.15) is 0 Å². The van der Waals surface area contributed by atoms with E-state index in [9.17, 15) is 9.59 Å². The van der Waals surface area contributed by atoms with Crippen molar-refractivity contribution in [2.75, 3.05) is 31.1 Å². The monoisotopic (exact) mass is 499 g/mol. The first-order valence-corrected chi connectivity index (χ1v) is 13.3. The van der Waals surface area contributed by atoms with E-state index in [-0.39, 0.29) is 11.8 Å². The van der Waals surface area contributed by atoms with Crippen LogP contribution >= 0.6 is 11.8 Å². The van der Waals surface area contributed by atoms with Crippen LogP contribution in [0.15, 0.2) is 82.6 Å². The number of carbonyl (C=O) groups excluding carboxylic acids is 2. The molecule has 36 heavy (non-hydrogen) atoms. The van der Waals surface area contributed by atoms with Crippen LogP contribution in [0.5, 0.6) is 0 Å². The highest BCUT2D eigenvalue weighted by atomic mass is 32.2. The lowest BCUT2D eigenvalue weighted by Crippen LogP contribution is -2.34. The molecule has 6 heteroatoms. The van der Waals surface area contributed by atoms with Crippen LogP contribution in [0.25, 0.3) is 6.08 Å². The predicted octanol–water partition coefficient (Wildman–Crippen LogP) is 5.75. The third kappa shape index (κ3) is 6.07. The number of nitrogens with one attached hydrogen (secondary N) is 1. The first-order chi connectivity index (χ1) is 17.5. The molecule has 0 aromatic heterocycles. The number of rotatable bonds is 9. The largest absolute Gasteiger partial charge is 0.351 e. The highest BCUT2D eigenvalue weighted by Crippen LogP contribution is 2.42. The van der Waals surface area contributed by atoms with Crippen LogP contribution in [0.3, 0.4) is 0 Å². The van der Waals surface area contributed by atoms with Crippen molar-refractivity contribution < 1.29 is 9.59 Å². The van der Waals surface area contributed by atoms with Crippen molar-refractivity contribution in [2.24, 2.45) is 0 Å². The van der Waals surface area contributed by atoms with E-state index in [0.29, 0.717) is 23.6 Å². The number of nitrogens with zero attached hydrogens (tertiary/aromatic N) is 2. The van der Waals surface area contributed by atoms with Crippen molar-refractivity contribution in [3.63, 3.8) is 0 Å². The number of amides is 2. The third-order valence-corrected chi connectivity index (χ3v) is 7.58. The number of para-hydroxylation sites is 1. The fourth-order valence-electron chi connectivity index (χ4n) is 4.23. The molecule has 186 valence electrons. The van der Waals surface area contributed by atoms with E-state index in [4.69, 9.17) is 0 Å². The van der Waals surface area contributed by atoms with Crippen LogP contribution in [0.4, 0.5) is 5.69 Å². The number of fused-ring (bicyclic) bond motifs is 1. The zero-order chi connectivity index (χ0) is 25.5. The lowest BCUT2D eigenvalue weighted by Gasteiger charge is -2.31. The fourth-order valence-corrected chi connectivity index (χ4v) is 5.29. The predicted molar refractivity (Wildman–Crippen MR) is 149 cm³/mol. The lowest BCUT2D eigenvalue weighted by molar-refractivity contribution is -0.114. The SMILES string of the molecule is CCN(CC)CCNC(=O)c1ccc(/C=C2/Sc3ccccc3N(Cc3ccccc3C)C2=O)cc1. The summed E-state index contributed by atoms with van der Waals surface area (Å²) < 4.78 is 0. The smallest absolute Gasteiger partial charge is 0.265 e. The molecule has 1 N–H and O–H groups in total. The summed E-state index contributed by atoms with van der Waals surface area (Å²) in [4.78, 5) is 32.0. The van der Waals surface area contributed by atoms with E-state index >= 15 is 0 Å². The molecule has 0 saturated heterocycles. The number of aryl methyl sites for hydroxylation is 1. The van der Waals surface area contributed by atoms with Gasteiger partial charge in [-0.05, 0) is 67.0 Å². The molecule has 0 aliphatic carbocycles. The Morgan fingerprint density at radius 2 is 1.67 bits per heavy atom. The van der Waals surface area contributed by atoms with E-state index in [1.54, 1.807) is 0 Å². The van der Waals surface area contributed by atoms with Crippen LogP contribution in [0.1, 0.15) is 40.9 Å². The Labute approximate surface area is 218 Å². The zero-order valence-electron chi connectivity index (χ0n) is 21.2. The molecule has 1 aliphatic rings. The molecule has 1 aliphatic heterocycles. The second-order valence-corrected chi connectivity index (χ2v) is 9.88. The molecule has 3 aromatic carbocycles.